The second-order valence-electron chi connectivity index (χ2n) is 5.15. The highest BCUT2D eigenvalue weighted by Crippen LogP contribution is 2.34. The van der Waals surface area contributed by atoms with E-state index in [9.17, 15) is 13.2 Å². The van der Waals surface area contributed by atoms with Crippen LogP contribution in [-0.2, 0) is 10.0 Å². The molecular weight excluding hydrogens is 302 g/mol. The molecule has 0 spiro atoms. The van der Waals surface area contributed by atoms with Gasteiger partial charge in [0.15, 0.2) is 5.78 Å². The quantitative estimate of drug-likeness (QED) is 0.944. The number of rotatable bonds is 3. The molecule has 3 rings (SSSR count). The monoisotopic (exact) mass is 317 g/mol. The van der Waals surface area contributed by atoms with Crippen LogP contribution in [0.25, 0.3) is 11.1 Å². The number of ether oxygens (including phenoxy) is 1. The summed E-state index contributed by atoms with van der Waals surface area (Å²) in [7, 11) is -3.37. The molecule has 5 nitrogen and oxygen atoms in total. The lowest BCUT2D eigenvalue weighted by Gasteiger charge is -2.18. The van der Waals surface area contributed by atoms with Crippen molar-refractivity contribution in [3.8, 4) is 16.9 Å². The number of nitrogens with one attached hydrogen (secondary N) is 1. The first-order valence-electron chi connectivity index (χ1n) is 6.81. The van der Waals surface area contributed by atoms with E-state index in [0.717, 1.165) is 17.4 Å². The second-order valence-corrected chi connectivity index (χ2v) is 6.90. The Labute approximate surface area is 129 Å². The molecule has 0 fully saturated rings. The average Bonchev–Trinajstić information content (AvgIpc) is 2.46. The Morgan fingerprint density at radius 1 is 1.09 bits per heavy atom. The van der Waals surface area contributed by atoms with Crippen LogP contribution in [0.4, 0.5) is 5.69 Å². The Kier molecular flexibility index (Phi) is 3.62. The minimum atomic E-state index is -3.37. The first kappa shape index (κ1) is 14.6. The molecular formula is C16H15NO4S. The van der Waals surface area contributed by atoms with Crippen molar-refractivity contribution in [3.63, 3.8) is 0 Å². The molecule has 0 radical (unpaired) electrons. The minimum Gasteiger partial charge on any atom is -0.492 e. The fourth-order valence-electron chi connectivity index (χ4n) is 2.45. The molecule has 0 amide bonds. The molecule has 2 aromatic rings. The number of fused-ring (bicyclic) bond motifs is 1. The predicted octanol–water partition coefficient (Wildman–Crippen LogP) is 2.69. The Morgan fingerprint density at radius 3 is 2.64 bits per heavy atom. The van der Waals surface area contributed by atoms with Gasteiger partial charge < -0.3 is 4.74 Å². The molecule has 0 saturated carbocycles. The summed E-state index contributed by atoms with van der Waals surface area (Å²) >= 11 is 0. The van der Waals surface area contributed by atoms with E-state index < -0.39 is 10.0 Å². The van der Waals surface area contributed by atoms with Gasteiger partial charge in [0.05, 0.1) is 24.1 Å². The summed E-state index contributed by atoms with van der Waals surface area (Å²) in [6.45, 7) is 0.374. The van der Waals surface area contributed by atoms with Crippen LogP contribution >= 0.6 is 0 Å². The number of hydrogen-bond donors (Lipinski definition) is 1. The van der Waals surface area contributed by atoms with E-state index in [1.807, 2.05) is 12.1 Å². The Morgan fingerprint density at radius 2 is 1.86 bits per heavy atom. The van der Waals surface area contributed by atoms with Crippen molar-refractivity contribution in [1.29, 1.82) is 0 Å². The van der Waals surface area contributed by atoms with Crippen molar-refractivity contribution in [3.05, 3.63) is 48.0 Å². The molecule has 0 aromatic heterocycles. The van der Waals surface area contributed by atoms with Gasteiger partial charge in [-0.1, -0.05) is 24.3 Å². The van der Waals surface area contributed by atoms with E-state index in [1.165, 1.54) is 0 Å². The predicted molar refractivity (Wildman–Crippen MR) is 84.8 cm³/mol. The topological polar surface area (TPSA) is 72.5 Å². The highest BCUT2D eigenvalue weighted by molar-refractivity contribution is 7.92. The lowest BCUT2D eigenvalue weighted by Crippen LogP contribution is -2.15. The van der Waals surface area contributed by atoms with E-state index in [0.29, 0.717) is 30.0 Å². The van der Waals surface area contributed by atoms with E-state index in [-0.39, 0.29) is 5.78 Å². The van der Waals surface area contributed by atoms with Gasteiger partial charge in [-0.15, -0.1) is 0 Å². The van der Waals surface area contributed by atoms with Crippen molar-refractivity contribution in [2.24, 2.45) is 0 Å². The molecule has 0 aliphatic carbocycles. The standard InChI is InChI=1S/C16H15NO4S/c1-22(19,20)17-14-5-3-2-4-12(14)11-6-7-13-15(18)8-9-21-16(13)10-11/h2-7,10,17H,8-9H2,1H3. The molecule has 1 N–H and O–H groups in total. The van der Waals surface area contributed by atoms with Crippen molar-refractivity contribution in [2.75, 3.05) is 17.6 Å². The molecule has 1 aliphatic rings. The third-order valence-electron chi connectivity index (χ3n) is 3.40. The van der Waals surface area contributed by atoms with Crippen molar-refractivity contribution in [1.82, 2.24) is 0 Å². The first-order chi connectivity index (χ1) is 10.4. The summed E-state index contributed by atoms with van der Waals surface area (Å²) in [5.41, 5.74) is 2.59. The van der Waals surface area contributed by atoms with E-state index >= 15 is 0 Å². The summed E-state index contributed by atoms with van der Waals surface area (Å²) in [5, 5.41) is 0. The number of anilines is 1. The summed E-state index contributed by atoms with van der Waals surface area (Å²) in [5.74, 6) is 0.609. The smallest absolute Gasteiger partial charge is 0.229 e. The van der Waals surface area contributed by atoms with E-state index in [4.69, 9.17) is 4.74 Å². The fraction of sp³-hybridized carbons (Fsp3) is 0.188. The number of Topliss-reactive ketones (excluding diaryl/α,β-unsaturated/α-hetero) is 1. The number of benzene rings is 2. The highest BCUT2D eigenvalue weighted by atomic mass is 32.2. The molecule has 0 saturated heterocycles. The zero-order valence-corrected chi connectivity index (χ0v) is 12.8. The van der Waals surface area contributed by atoms with Crippen LogP contribution < -0.4 is 9.46 Å². The van der Waals surface area contributed by atoms with Gasteiger partial charge in [0.1, 0.15) is 5.75 Å². The van der Waals surface area contributed by atoms with E-state index in [1.54, 1.807) is 30.3 Å². The second kappa shape index (κ2) is 5.46. The molecule has 0 unspecified atom stereocenters. The Hall–Kier alpha value is -2.34. The maximum atomic E-state index is 11.8. The maximum absolute atomic E-state index is 11.8. The third kappa shape index (κ3) is 2.96. The van der Waals surface area contributed by atoms with E-state index in [2.05, 4.69) is 4.72 Å². The van der Waals surface area contributed by atoms with Crippen LogP contribution in [0.3, 0.4) is 0 Å². The number of sulfonamides is 1. The van der Waals surface area contributed by atoms with Gasteiger partial charge >= 0.3 is 0 Å². The molecule has 1 aliphatic heterocycles. The molecule has 22 heavy (non-hydrogen) atoms. The van der Waals surface area contributed by atoms with Crippen LogP contribution in [0.5, 0.6) is 5.75 Å². The van der Waals surface area contributed by atoms with Gasteiger partial charge in [-0.2, -0.15) is 0 Å². The zero-order valence-electron chi connectivity index (χ0n) is 12.0. The number of para-hydroxylation sites is 1. The minimum absolute atomic E-state index is 0.0651. The van der Waals surface area contributed by atoms with Crippen molar-refractivity contribution >= 4 is 21.5 Å². The average molecular weight is 317 g/mol. The van der Waals surface area contributed by atoms with Crippen LogP contribution in [0.2, 0.25) is 0 Å². The molecule has 0 atom stereocenters. The van der Waals surface area contributed by atoms with Gasteiger partial charge in [0, 0.05) is 12.0 Å². The molecule has 2 aromatic carbocycles. The SMILES string of the molecule is CS(=O)(=O)Nc1ccccc1-c1ccc2c(c1)OCCC2=O. The molecule has 0 bridgehead atoms. The normalized spacial score (nSPS) is 14.1. The van der Waals surface area contributed by atoms with Gasteiger partial charge in [0.2, 0.25) is 10.0 Å². The van der Waals surface area contributed by atoms with Crippen LogP contribution in [0, 0.1) is 0 Å². The van der Waals surface area contributed by atoms with Gasteiger partial charge in [-0.05, 0) is 23.8 Å². The number of carbonyl (C=O) groups is 1. The number of ketones is 1. The van der Waals surface area contributed by atoms with Crippen LogP contribution in [0.15, 0.2) is 42.5 Å². The first-order valence-corrected chi connectivity index (χ1v) is 8.70. The largest absolute Gasteiger partial charge is 0.492 e. The lowest BCUT2D eigenvalue weighted by molar-refractivity contribution is 0.0933. The Balaban J connectivity index is 2.07. The van der Waals surface area contributed by atoms with Gasteiger partial charge in [-0.25, -0.2) is 8.42 Å². The Bertz CT molecular complexity index is 843. The highest BCUT2D eigenvalue weighted by Gasteiger charge is 2.19. The molecule has 1 heterocycles. The van der Waals surface area contributed by atoms with Crippen molar-refractivity contribution in [2.45, 2.75) is 6.42 Å². The molecule has 114 valence electrons. The fourth-order valence-corrected chi connectivity index (χ4v) is 3.03. The van der Waals surface area contributed by atoms with Crippen LogP contribution in [-0.4, -0.2) is 27.1 Å². The number of carbonyl (C=O) groups excluding carboxylic acids is 1. The lowest BCUT2D eigenvalue weighted by atomic mass is 9.98. The summed E-state index contributed by atoms with van der Waals surface area (Å²) < 4.78 is 31.0. The van der Waals surface area contributed by atoms with Crippen molar-refractivity contribution < 1.29 is 17.9 Å². The number of hydrogen-bond acceptors (Lipinski definition) is 4. The summed E-state index contributed by atoms with van der Waals surface area (Å²) in [4.78, 5) is 11.8. The van der Waals surface area contributed by atoms with Gasteiger partial charge in [0.25, 0.3) is 0 Å². The summed E-state index contributed by atoms with van der Waals surface area (Å²) in [6.07, 6.45) is 1.50. The zero-order chi connectivity index (χ0) is 15.7. The summed E-state index contributed by atoms with van der Waals surface area (Å²) in [6, 6.07) is 12.4. The molecule has 6 heteroatoms. The maximum Gasteiger partial charge on any atom is 0.229 e. The van der Waals surface area contributed by atoms with Gasteiger partial charge in [-0.3, -0.25) is 9.52 Å². The third-order valence-corrected chi connectivity index (χ3v) is 3.99. The van der Waals surface area contributed by atoms with Crippen LogP contribution in [0.1, 0.15) is 16.8 Å².